The van der Waals surface area contributed by atoms with Gasteiger partial charge in [-0.25, -0.2) is 9.97 Å². The van der Waals surface area contributed by atoms with Gasteiger partial charge in [-0.2, -0.15) is 0 Å². The Kier molecular flexibility index (Phi) is 5.08. The van der Waals surface area contributed by atoms with Crippen LogP contribution in [0.3, 0.4) is 0 Å². The maximum absolute atomic E-state index is 11.1. The minimum atomic E-state index is 0.350. The molecule has 2 aromatic heterocycles. The van der Waals surface area contributed by atoms with E-state index in [1.54, 1.807) is 18.3 Å². The quantitative estimate of drug-likeness (QED) is 0.751. The van der Waals surface area contributed by atoms with Crippen molar-refractivity contribution in [1.29, 1.82) is 0 Å². The lowest BCUT2D eigenvalue weighted by molar-refractivity contribution is 0.111. The summed E-state index contributed by atoms with van der Waals surface area (Å²) in [4.78, 5) is 19.5. The van der Waals surface area contributed by atoms with E-state index in [1.807, 2.05) is 12.5 Å². The Hall–Kier alpha value is -2.43. The van der Waals surface area contributed by atoms with Gasteiger partial charge in [-0.15, -0.1) is 0 Å². The Morgan fingerprint density at radius 3 is 2.96 bits per heavy atom. The van der Waals surface area contributed by atoms with Gasteiger partial charge in [-0.3, -0.25) is 4.79 Å². The van der Waals surface area contributed by atoms with Crippen molar-refractivity contribution in [3.63, 3.8) is 0 Å². The highest BCUT2D eigenvalue weighted by Gasteiger charge is 2.19. The molecule has 5 nitrogen and oxygen atoms in total. The predicted octanol–water partition coefficient (Wildman–Crippen LogP) is 4.08. The molecule has 24 heavy (non-hydrogen) atoms. The van der Waals surface area contributed by atoms with Gasteiger partial charge in [0, 0.05) is 12.2 Å². The molecule has 0 saturated heterocycles. The molecule has 2 aromatic rings. The van der Waals surface area contributed by atoms with E-state index in [-0.39, 0.29) is 0 Å². The molecule has 0 bridgehead atoms. The summed E-state index contributed by atoms with van der Waals surface area (Å²) < 4.78 is 8.12. The van der Waals surface area contributed by atoms with E-state index in [0.29, 0.717) is 24.1 Å². The summed E-state index contributed by atoms with van der Waals surface area (Å²) in [6.07, 6.45) is 10.6. The SMILES string of the molecule is CC(C)n1cncc1C1=C(COc2cccnc2C=O)CCCC1. The third-order valence-electron chi connectivity index (χ3n) is 4.43. The number of aromatic nitrogens is 3. The molecular formula is C19H23N3O2. The van der Waals surface area contributed by atoms with Crippen LogP contribution in [-0.4, -0.2) is 27.4 Å². The van der Waals surface area contributed by atoms with Crippen molar-refractivity contribution >= 4 is 11.9 Å². The van der Waals surface area contributed by atoms with Gasteiger partial charge in [0.15, 0.2) is 6.29 Å². The van der Waals surface area contributed by atoms with Crippen molar-refractivity contribution in [2.75, 3.05) is 6.61 Å². The van der Waals surface area contributed by atoms with E-state index in [1.165, 1.54) is 29.7 Å². The first kappa shape index (κ1) is 16.4. The van der Waals surface area contributed by atoms with E-state index in [2.05, 4.69) is 28.4 Å². The zero-order valence-electron chi connectivity index (χ0n) is 14.2. The summed E-state index contributed by atoms with van der Waals surface area (Å²) in [6, 6.07) is 3.95. The van der Waals surface area contributed by atoms with Crippen LogP contribution < -0.4 is 4.74 Å². The van der Waals surface area contributed by atoms with Crippen LogP contribution >= 0.6 is 0 Å². The first-order valence-electron chi connectivity index (χ1n) is 8.46. The Balaban J connectivity index is 1.87. The number of allylic oxidation sites excluding steroid dienone is 1. The highest BCUT2D eigenvalue weighted by atomic mass is 16.5. The van der Waals surface area contributed by atoms with E-state index in [9.17, 15) is 4.79 Å². The summed E-state index contributed by atoms with van der Waals surface area (Å²) in [6.45, 7) is 4.82. The largest absolute Gasteiger partial charge is 0.487 e. The van der Waals surface area contributed by atoms with Gasteiger partial charge in [0.25, 0.3) is 0 Å². The number of ether oxygens (including phenoxy) is 1. The van der Waals surface area contributed by atoms with E-state index >= 15 is 0 Å². The van der Waals surface area contributed by atoms with Crippen molar-refractivity contribution in [3.8, 4) is 5.75 Å². The third kappa shape index (κ3) is 3.40. The lowest BCUT2D eigenvalue weighted by Gasteiger charge is -2.23. The smallest absolute Gasteiger partial charge is 0.172 e. The van der Waals surface area contributed by atoms with Gasteiger partial charge in [0.05, 0.1) is 18.2 Å². The number of hydrogen-bond acceptors (Lipinski definition) is 4. The number of rotatable bonds is 6. The molecule has 1 aliphatic carbocycles. The van der Waals surface area contributed by atoms with Gasteiger partial charge in [0.2, 0.25) is 0 Å². The number of hydrogen-bond donors (Lipinski definition) is 0. The molecule has 1 aliphatic rings. The number of carbonyl (C=O) groups excluding carboxylic acids is 1. The monoisotopic (exact) mass is 325 g/mol. The average Bonchev–Trinajstić information content (AvgIpc) is 3.10. The van der Waals surface area contributed by atoms with Crippen LogP contribution in [0.2, 0.25) is 0 Å². The maximum atomic E-state index is 11.1. The fourth-order valence-corrected chi connectivity index (χ4v) is 3.16. The van der Waals surface area contributed by atoms with Crippen molar-refractivity contribution in [1.82, 2.24) is 14.5 Å². The number of imidazole rings is 1. The Labute approximate surface area is 142 Å². The lowest BCUT2D eigenvalue weighted by Crippen LogP contribution is -2.12. The summed E-state index contributed by atoms with van der Waals surface area (Å²) in [5, 5.41) is 0. The van der Waals surface area contributed by atoms with Crippen molar-refractivity contribution in [3.05, 3.63) is 47.8 Å². The van der Waals surface area contributed by atoms with Gasteiger partial charge < -0.3 is 9.30 Å². The van der Waals surface area contributed by atoms with Crippen LogP contribution in [0.4, 0.5) is 0 Å². The number of pyridine rings is 1. The first-order chi connectivity index (χ1) is 11.7. The Morgan fingerprint density at radius 2 is 2.17 bits per heavy atom. The van der Waals surface area contributed by atoms with Crippen LogP contribution in [0, 0.1) is 0 Å². The van der Waals surface area contributed by atoms with Gasteiger partial charge >= 0.3 is 0 Å². The molecule has 0 aliphatic heterocycles. The van der Waals surface area contributed by atoms with Gasteiger partial charge in [-0.1, -0.05) is 0 Å². The highest BCUT2D eigenvalue weighted by molar-refractivity contribution is 5.76. The fraction of sp³-hybridized carbons (Fsp3) is 0.421. The molecule has 126 valence electrons. The highest BCUT2D eigenvalue weighted by Crippen LogP contribution is 2.33. The maximum Gasteiger partial charge on any atom is 0.172 e. The second-order valence-corrected chi connectivity index (χ2v) is 6.36. The molecule has 0 saturated carbocycles. The lowest BCUT2D eigenvalue weighted by atomic mass is 9.90. The van der Waals surface area contributed by atoms with Crippen molar-refractivity contribution < 1.29 is 9.53 Å². The zero-order valence-corrected chi connectivity index (χ0v) is 14.2. The van der Waals surface area contributed by atoms with Gasteiger partial charge in [0.1, 0.15) is 18.1 Å². The normalized spacial score (nSPS) is 15.0. The van der Waals surface area contributed by atoms with Crippen LogP contribution in [0.25, 0.3) is 5.57 Å². The second-order valence-electron chi connectivity index (χ2n) is 6.36. The molecule has 0 spiro atoms. The van der Waals surface area contributed by atoms with E-state index < -0.39 is 0 Å². The summed E-state index contributed by atoms with van der Waals surface area (Å²) >= 11 is 0. The van der Waals surface area contributed by atoms with Crippen molar-refractivity contribution in [2.45, 2.75) is 45.6 Å². The molecule has 3 rings (SSSR count). The molecule has 2 heterocycles. The number of aldehydes is 1. The molecule has 5 heteroatoms. The summed E-state index contributed by atoms with van der Waals surface area (Å²) in [7, 11) is 0. The second kappa shape index (κ2) is 7.43. The summed E-state index contributed by atoms with van der Waals surface area (Å²) in [5.74, 6) is 0.544. The predicted molar refractivity (Wildman–Crippen MR) is 93.1 cm³/mol. The average molecular weight is 325 g/mol. The molecule has 0 fully saturated rings. The van der Waals surface area contributed by atoms with Crippen molar-refractivity contribution in [2.24, 2.45) is 0 Å². The van der Waals surface area contributed by atoms with Crippen LogP contribution in [0.15, 0.2) is 36.4 Å². The molecule has 0 aromatic carbocycles. The number of carbonyl (C=O) groups is 1. The number of nitrogens with zero attached hydrogens (tertiary/aromatic N) is 3. The molecule has 0 unspecified atom stereocenters. The first-order valence-corrected chi connectivity index (χ1v) is 8.46. The van der Waals surface area contributed by atoms with Crippen LogP contribution in [0.1, 0.15) is 61.8 Å². The fourth-order valence-electron chi connectivity index (χ4n) is 3.16. The molecule has 0 amide bonds. The summed E-state index contributed by atoms with van der Waals surface area (Å²) in [5.41, 5.74) is 4.17. The Bertz CT molecular complexity index is 747. The molecule has 0 atom stereocenters. The zero-order chi connectivity index (χ0) is 16.9. The topological polar surface area (TPSA) is 57.0 Å². The Morgan fingerprint density at radius 1 is 1.33 bits per heavy atom. The molecule has 0 radical (unpaired) electrons. The van der Waals surface area contributed by atoms with E-state index in [0.717, 1.165) is 19.1 Å². The molecule has 0 N–H and O–H groups in total. The van der Waals surface area contributed by atoms with Gasteiger partial charge in [-0.05, 0) is 62.8 Å². The van der Waals surface area contributed by atoms with Crippen LogP contribution in [-0.2, 0) is 0 Å². The van der Waals surface area contributed by atoms with E-state index in [4.69, 9.17) is 4.74 Å². The molecular weight excluding hydrogens is 302 g/mol. The van der Waals surface area contributed by atoms with Crippen LogP contribution in [0.5, 0.6) is 5.75 Å². The standard InChI is InChI=1S/C19H23N3O2/c1-14(2)22-13-20-10-18(22)16-7-4-3-6-15(16)12-24-19-8-5-9-21-17(19)11-23/h5,8-11,13-14H,3-4,6-7,12H2,1-2H3. The third-order valence-corrected chi connectivity index (χ3v) is 4.43. The minimum absolute atomic E-state index is 0.350. The minimum Gasteiger partial charge on any atom is -0.487 e.